The Balaban J connectivity index is 1.71. The van der Waals surface area contributed by atoms with Gasteiger partial charge in [0, 0.05) is 11.8 Å². The Labute approximate surface area is 167 Å². The molecule has 4 aliphatic carbocycles. The number of carbonyl (C=O) groups is 1. The number of hydrogen-bond acceptors (Lipinski definition) is 2. The first-order valence-corrected chi connectivity index (χ1v) is 10.6. The van der Waals surface area contributed by atoms with Crippen molar-refractivity contribution in [3.63, 3.8) is 0 Å². The van der Waals surface area contributed by atoms with Gasteiger partial charge in [0.05, 0.1) is 0 Å². The van der Waals surface area contributed by atoms with E-state index in [9.17, 15) is 31.9 Å². The third kappa shape index (κ3) is 2.51. The van der Waals surface area contributed by atoms with Gasteiger partial charge in [-0.25, -0.2) is 0 Å². The first-order valence-electron chi connectivity index (χ1n) is 10.6. The minimum absolute atomic E-state index is 0.00897. The number of hydrogen-bond donors (Lipinski definition) is 1. The molecular weight excluding hydrogens is 391 g/mol. The van der Waals surface area contributed by atoms with Crippen molar-refractivity contribution in [3.8, 4) is 0 Å². The van der Waals surface area contributed by atoms with Crippen molar-refractivity contribution in [2.75, 3.05) is 0 Å². The number of aliphatic hydroxyl groups is 1. The molecule has 0 radical (unpaired) electrons. The molecule has 4 aliphatic rings. The second-order valence-electron chi connectivity index (χ2n) is 10.4. The summed E-state index contributed by atoms with van der Waals surface area (Å²) in [5.74, 6) is -5.03. The highest BCUT2D eigenvalue weighted by Gasteiger charge is 2.79. The topological polar surface area (TPSA) is 37.3 Å². The summed E-state index contributed by atoms with van der Waals surface area (Å²) < 4.78 is 68.6. The van der Waals surface area contributed by atoms with E-state index in [0.717, 1.165) is 18.4 Å². The molecular formula is C22H29F5O2. The largest absolute Gasteiger partial charge is 0.456 e. The average molecular weight is 420 g/mol. The van der Waals surface area contributed by atoms with E-state index >= 15 is 0 Å². The molecule has 0 aromatic heterocycles. The summed E-state index contributed by atoms with van der Waals surface area (Å²) in [6.45, 7) is 5.37. The predicted octanol–water partition coefficient (Wildman–Crippen LogP) is 5.69. The summed E-state index contributed by atoms with van der Waals surface area (Å²) in [4.78, 5) is 12.2. The van der Waals surface area contributed by atoms with Gasteiger partial charge in [-0.3, -0.25) is 4.79 Å². The van der Waals surface area contributed by atoms with Gasteiger partial charge < -0.3 is 5.11 Å². The SMILES string of the molecule is CC1=C[C@@]2(C)[C@@H](CC[C@@H]3[C@@H]2CC[C@@]2(C)[C@H]3CC[C@@]2(O)C(F)(F)C(F)(F)F)CC1=O. The van der Waals surface area contributed by atoms with E-state index in [1.807, 2.05) is 6.08 Å². The molecule has 0 aliphatic heterocycles. The molecule has 7 atom stereocenters. The van der Waals surface area contributed by atoms with Crippen molar-refractivity contribution < 1.29 is 31.9 Å². The first-order chi connectivity index (χ1) is 13.2. The van der Waals surface area contributed by atoms with Crippen LogP contribution in [0.4, 0.5) is 22.0 Å². The molecule has 0 saturated heterocycles. The number of Topliss-reactive ketones (excluding diaryl/α,β-unsaturated/α-hetero) is 1. The van der Waals surface area contributed by atoms with E-state index in [1.165, 1.54) is 6.92 Å². The van der Waals surface area contributed by atoms with Crippen LogP contribution in [0.1, 0.15) is 65.7 Å². The lowest BCUT2D eigenvalue weighted by molar-refractivity contribution is -0.363. The van der Waals surface area contributed by atoms with Crippen LogP contribution >= 0.6 is 0 Å². The molecule has 0 spiro atoms. The van der Waals surface area contributed by atoms with E-state index in [2.05, 4.69) is 6.92 Å². The number of alkyl halides is 5. The first kappa shape index (κ1) is 21.3. The fourth-order valence-electron chi connectivity index (χ4n) is 7.71. The minimum atomic E-state index is -5.77. The lowest BCUT2D eigenvalue weighted by Crippen LogP contribution is -2.65. The van der Waals surface area contributed by atoms with Gasteiger partial charge in [0.25, 0.3) is 0 Å². The summed E-state index contributed by atoms with van der Waals surface area (Å²) in [6.07, 6.45) is -1.46. The van der Waals surface area contributed by atoms with Gasteiger partial charge in [-0.1, -0.05) is 19.9 Å². The van der Waals surface area contributed by atoms with Crippen molar-refractivity contribution in [1.82, 2.24) is 0 Å². The van der Waals surface area contributed by atoms with Crippen LogP contribution < -0.4 is 0 Å². The van der Waals surface area contributed by atoms with Crippen molar-refractivity contribution in [3.05, 3.63) is 11.6 Å². The maximum absolute atomic E-state index is 14.5. The highest BCUT2D eigenvalue weighted by Crippen LogP contribution is 2.70. The van der Waals surface area contributed by atoms with Gasteiger partial charge in [-0.15, -0.1) is 0 Å². The average Bonchev–Trinajstić information content (AvgIpc) is 2.88. The molecule has 29 heavy (non-hydrogen) atoms. The second kappa shape index (κ2) is 6.04. The van der Waals surface area contributed by atoms with Gasteiger partial charge in [-0.05, 0) is 80.1 Å². The maximum atomic E-state index is 14.5. The number of fused-ring (bicyclic) bond motifs is 5. The Kier molecular flexibility index (Phi) is 4.43. The Bertz CT molecular complexity index is 759. The molecule has 3 fully saturated rings. The highest BCUT2D eigenvalue weighted by molar-refractivity contribution is 5.96. The van der Waals surface area contributed by atoms with Gasteiger partial charge in [0.2, 0.25) is 0 Å². The van der Waals surface area contributed by atoms with E-state index in [1.54, 1.807) is 6.92 Å². The van der Waals surface area contributed by atoms with Gasteiger partial charge in [0.15, 0.2) is 5.78 Å². The number of ketones is 1. The van der Waals surface area contributed by atoms with Crippen LogP contribution in [0.15, 0.2) is 11.6 Å². The van der Waals surface area contributed by atoms with Crippen LogP contribution in [0, 0.1) is 34.5 Å². The molecule has 0 bridgehead atoms. The fraction of sp³-hybridized carbons (Fsp3) is 0.864. The molecule has 7 heteroatoms. The summed E-state index contributed by atoms with van der Waals surface area (Å²) in [6, 6.07) is 0. The molecule has 0 aromatic carbocycles. The zero-order valence-electron chi connectivity index (χ0n) is 17.1. The minimum Gasteiger partial charge on any atom is -0.383 e. The maximum Gasteiger partial charge on any atom is 0.456 e. The number of rotatable bonds is 1. The zero-order chi connectivity index (χ0) is 21.6. The van der Waals surface area contributed by atoms with Crippen molar-refractivity contribution >= 4 is 5.78 Å². The predicted molar refractivity (Wildman–Crippen MR) is 97.2 cm³/mol. The molecule has 1 N–H and O–H groups in total. The van der Waals surface area contributed by atoms with Crippen molar-refractivity contribution in [1.29, 1.82) is 0 Å². The van der Waals surface area contributed by atoms with Gasteiger partial charge in [-0.2, -0.15) is 22.0 Å². The monoisotopic (exact) mass is 420 g/mol. The number of carbonyl (C=O) groups excluding carboxylic acids is 1. The quantitative estimate of drug-likeness (QED) is 0.553. The normalized spacial score (nSPS) is 47.9. The van der Waals surface area contributed by atoms with Crippen LogP contribution in [0.25, 0.3) is 0 Å². The number of halogens is 5. The van der Waals surface area contributed by atoms with Crippen molar-refractivity contribution in [2.45, 2.75) is 83.4 Å². The van der Waals surface area contributed by atoms with E-state index in [-0.39, 0.29) is 47.7 Å². The van der Waals surface area contributed by atoms with Gasteiger partial charge >= 0.3 is 12.1 Å². The summed E-state index contributed by atoms with van der Waals surface area (Å²) >= 11 is 0. The van der Waals surface area contributed by atoms with E-state index in [0.29, 0.717) is 12.8 Å². The second-order valence-corrected chi connectivity index (χ2v) is 10.4. The van der Waals surface area contributed by atoms with E-state index < -0.39 is 29.5 Å². The fourth-order valence-corrected chi connectivity index (χ4v) is 7.71. The molecule has 4 rings (SSSR count). The molecule has 3 saturated carbocycles. The molecule has 0 amide bonds. The molecule has 0 unspecified atom stereocenters. The lowest BCUT2D eigenvalue weighted by Gasteiger charge is -2.60. The van der Waals surface area contributed by atoms with Crippen LogP contribution in [0.5, 0.6) is 0 Å². The van der Waals surface area contributed by atoms with E-state index in [4.69, 9.17) is 0 Å². The Hall–Kier alpha value is -0.980. The standard InChI is InChI=1S/C22H29F5O2/c1-12-11-18(2)13(10-17(12)28)4-5-14-15(18)6-8-19(3)16(14)7-9-20(19,29)21(23,24)22(25,26)27/h11,13-16,29H,4-10H2,1-3H3/t13-,14+,15-,16-,18-,19-,20-/m0/s1. The Morgan fingerprint density at radius 3 is 2.24 bits per heavy atom. The van der Waals surface area contributed by atoms with Gasteiger partial charge in [0.1, 0.15) is 5.60 Å². The Morgan fingerprint density at radius 2 is 1.62 bits per heavy atom. The third-order valence-electron chi connectivity index (χ3n) is 9.39. The summed E-state index contributed by atoms with van der Waals surface area (Å²) in [5, 5.41) is 10.8. The highest BCUT2D eigenvalue weighted by atomic mass is 19.4. The molecule has 0 heterocycles. The molecule has 164 valence electrons. The molecule has 0 aromatic rings. The smallest absolute Gasteiger partial charge is 0.383 e. The third-order valence-corrected chi connectivity index (χ3v) is 9.39. The van der Waals surface area contributed by atoms with Crippen LogP contribution in [-0.4, -0.2) is 28.6 Å². The zero-order valence-corrected chi connectivity index (χ0v) is 17.1. The van der Waals surface area contributed by atoms with Crippen LogP contribution in [-0.2, 0) is 4.79 Å². The van der Waals surface area contributed by atoms with Crippen LogP contribution in [0.2, 0.25) is 0 Å². The lowest BCUT2D eigenvalue weighted by atomic mass is 9.45. The van der Waals surface area contributed by atoms with Crippen molar-refractivity contribution in [2.24, 2.45) is 34.5 Å². The molecule has 2 nitrogen and oxygen atoms in total. The van der Waals surface area contributed by atoms with Crippen LogP contribution in [0.3, 0.4) is 0 Å². The Morgan fingerprint density at radius 1 is 1.00 bits per heavy atom. The summed E-state index contributed by atoms with van der Waals surface area (Å²) in [7, 11) is 0. The summed E-state index contributed by atoms with van der Waals surface area (Å²) in [5.41, 5.74) is -4.06. The number of allylic oxidation sites excluding steroid dienone is 2.